The molecular formula is C20H4F8N4. The van der Waals surface area contributed by atoms with Gasteiger partial charge in [0, 0.05) is 24.8 Å². The largest absolute Gasteiger partial charge is 0.252 e. The van der Waals surface area contributed by atoms with Crippen molar-refractivity contribution in [1.29, 1.82) is 0 Å². The molecule has 12 heteroatoms. The maximum Gasteiger partial charge on any atom is 0.198 e. The van der Waals surface area contributed by atoms with Crippen LogP contribution in [-0.2, 0) is 0 Å². The van der Waals surface area contributed by atoms with Gasteiger partial charge < -0.3 is 0 Å². The number of hydrogen-bond acceptors (Lipinski definition) is 4. The summed E-state index contributed by atoms with van der Waals surface area (Å²) >= 11 is 0. The van der Waals surface area contributed by atoms with Crippen LogP contribution in [0, 0.1) is 46.5 Å². The molecule has 0 saturated carbocycles. The summed E-state index contributed by atoms with van der Waals surface area (Å²) in [6.07, 6.45) is 3.64. The summed E-state index contributed by atoms with van der Waals surface area (Å²) in [7, 11) is 0. The molecule has 0 atom stereocenters. The van der Waals surface area contributed by atoms with Gasteiger partial charge in [-0.05, 0) is 0 Å². The van der Waals surface area contributed by atoms with Gasteiger partial charge in [-0.1, -0.05) is 0 Å². The molecule has 4 nitrogen and oxygen atoms in total. The number of fused-ring (bicyclic) bond motifs is 8. The number of benzene rings is 2. The smallest absolute Gasteiger partial charge is 0.198 e. The summed E-state index contributed by atoms with van der Waals surface area (Å²) in [5.41, 5.74) is -7.33. The summed E-state index contributed by atoms with van der Waals surface area (Å²) < 4.78 is 116. The monoisotopic (exact) mass is 452 g/mol. The van der Waals surface area contributed by atoms with Crippen LogP contribution in [-0.4, -0.2) is 19.9 Å². The minimum absolute atomic E-state index is 0.792. The molecule has 0 N–H and O–H groups in total. The molecule has 32 heavy (non-hydrogen) atoms. The molecule has 0 amide bonds. The van der Waals surface area contributed by atoms with Gasteiger partial charge in [0.2, 0.25) is 0 Å². The van der Waals surface area contributed by atoms with Crippen molar-refractivity contribution in [1.82, 2.24) is 19.9 Å². The second-order valence-electron chi connectivity index (χ2n) is 6.52. The molecule has 160 valence electrons. The van der Waals surface area contributed by atoms with E-state index in [1.54, 1.807) is 0 Å². The highest BCUT2D eigenvalue weighted by Crippen LogP contribution is 2.49. The first-order chi connectivity index (χ1) is 15.3. The van der Waals surface area contributed by atoms with Crippen molar-refractivity contribution < 1.29 is 35.1 Å². The number of halogens is 8. The van der Waals surface area contributed by atoms with Gasteiger partial charge in [-0.3, -0.25) is 19.9 Å². The minimum atomic E-state index is -2.22. The van der Waals surface area contributed by atoms with Gasteiger partial charge >= 0.3 is 0 Å². The lowest BCUT2D eigenvalue weighted by Crippen LogP contribution is -2.13. The molecular weight excluding hydrogens is 448 g/mol. The zero-order valence-electron chi connectivity index (χ0n) is 15.1. The normalized spacial score (nSPS) is 11.8. The molecule has 0 spiro atoms. The van der Waals surface area contributed by atoms with Gasteiger partial charge in [0.15, 0.2) is 46.5 Å². The Morgan fingerprint density at radius 2 is 0.500 bits per heavy atom. The molecule has 0 saturated heterocycles. The van der Waals surface area contributed by atoms with Gasteiger partial charge in [-0.15, -0.1) is 0 Å². The zero-order valence-corrected chi connectivity index (χ0v) is 15.1. The van der Waals surface area contributed by atoms with Crippen molar-refractivity contribution >= 4 is 0 Å². The van der Waals surface area contributed by atoms with Crippen molar-refractivity contribution in [3.63, 3.8) is 0 Å². The van der Waals surface area contributed by atoms with Gasteiger partial charge in [0.25, 0.3) is 0 Å². The van der Waals surface area contributed by atoms with Gasteiger partial charge in [-0.2, -0.15) is 0 Å². The fourth-order valence-corrected chi connectivity index (χ4v) is 3.56. The Hall–Kier alpha value is -3.96. The Kier molecular flexibility index (Phi) is 4.23. The summed E-state index contributed by atoms with van der Waals surface area (Å²) in [6.45, 7) is 0. The van der Waals surface area contributed by atoms with Crippen molar-refractivity contribution in [2.75, 3.05) is 0 Å². The maximum atomic E-state index is 14.9. The van der Waals surface area contributed by atoms with E-state index in [0.29, 0.717) is 0 Å². The van der Waals surface area contributed by atoms with E-state index >= 15 is 0 Å². The minimum Gasteiger partial charge on any atom is -0.252 e. The van der Waals surface area contributed by atoms with Crippen LogP contribution >= 0.6 is 0 Å². The molecule has 0 bridgehead atoms. The van der Waals surface area contributed by atoms with E-state index in [4.69, 9.17) is 0 Å². The summed E-state index contributed by atoms with van der Waals surface area (Å²) in [5, 5.41) is 0. The van der Waals surface area contributed by atoms with E-state index in [-0.39, 0.29) is 0 Å². The fraction of sp³-hybridized carbons (Fsp3) is 0. The van der Waals surface area contributed by atoms with Crippen LogP contribution in [0.1, 0.15) is 0 Å². The average molecular weight is 452 g/mol. The Morgan fingerprint density at radius 1 is 0.312 bits per heavy atom. The zero-order chi connectivity index (χ0) is 22.9. The standard InChI is InChI=1S/C20H4F8N4/c21-9-5-6(10(22)14(26)13(9)25)19-20(32-4-3-31-19)8-7(18-17(5)29-1-2-30-18)11(23)15(27)16(28)12(8)24/h1-4H. The first-order valence-electron chi connectivity index (χ1n) is 8.61. The van der Waals surface area contributed by atoms with Crippen molar-refractivity contribution in [2.24, 2.45) is 0 Å². The topological polar surface area (TPSA) is 51.6 Å². The summed E-state index contributed by atoms with van der Waals surface area (Å²) in [5.74, 6) is -16.6. The average Bonchev–Trinajstić information content (AvgIpc) is 2.80. The van der Waals surface area contributed by atoms with Crippen LogP contribution in [0.25, 0.3) is 45.0 Å². The van der Waals surface area contributed by atoms with Crippen molar-refractivity contribution in [3.05, 3.63) is 71.3 Å². The predicted molar refractivity (Wildman–Crippen MR) is 92.6 cm³/mol. The predicted octanol–water partition coefficient (Wildman–Crippen LogP) is 5.36. The van der Waals surface area contributed by atoms with Gasteiger partial charge in [0.05, 0.1) is 22.3 Å². The molecule has 2 aromatic carbocycles. The van der Waals surface area contributed by atoms with Crippen molar-refractivity contribution in [2.45, 2.75) is 0 Å². The van der Waals surface area contributed by atoms with E-state index in [9.17, 15) is 35.1 Å². The van der Waals surface area contributed by atoms with Crippen LogP contribution in [0.3, 0.4) is 0 Å². The van der Waals surface area contributed by atoms with Crippen LogP contribution in [0.2, 0.25) is 0 Å². The molecule has 0 unspecified atom stereocenters. The Bertz CT molecular complexity index is 1250. The maximum absolute atomic E-state index is 14.9. The Morgan fingerprint density at radius 3 is 0.688 bits per heavy atom. The van der Waals surface area contributed by atoms with Crippen LogP contribution in [0.15, 0.2) is 24.8 Å². The Labute approximate surface area is 172 Å². The third-order valence-corrected chi connectivity index (χ3v) is 4.88. The molecule has 0 radical (unpaired) electrons. The van der Waals surface area contributed by atoms with Crippen molar-refractivity contribution in [3.8, 4) is 45.0 Å². The SMILES string of the molecule is Fc1c(F)c(F)c2c(c1F)-c1nccnc1-c1c(F)c(F)c(F)c(F)c1-c1nccnc1-2. The van der Waals surface area contributed by atoms with Gasteiger partial charge in [0.1, 0.15) is 22.8 Å². The number of nitrogens with zero attached hydrogens (tertiary/aromatic N) is 4. The van der Waals surface area contributed by atoms with Gasteiger partial charge in [-0.25, -0.2) is 35.1 Å². The number of hydrogen-bond donors (Lipinski definition) is 0. The lowest BCUT2D eigenvalue weighted by Gasteiger charge is -2.22. The highest BCUT2D eigenvalue weighted by Gasteiger charge is 2.38. The van der Waals surface area contributed by atoms with Crippen LogP contribution in [0.4, 0.5) is 35.1 Å². The molecule has 1 aliphatic rings. The first-order valence-corrected chi connectivity index (χ1v) is 8.61. The summed E-state index contributed by atoms with van der Waals surface area (Å²) in [4.78, 5) is 14.9. The Balaban J connectivity index is 2.14. The number of rotatable bonds is 0. The lowest BCUT2D eigenvalue weighted by atomic mass is 9.87. The van der Waals surface area contributed by atoms with Crippen LogP contribution in [0.5, 0.6) is 0 Å². The van der Waals surface area contributed by atoms with Crippen LogP contribution < -0.4 is 0 Å². The first kappa shape index (κ1) is 20.0. The summed E-state index contributed by atoms with van der Waals surface area (Å²) in [6, 6.07) is 0. The molecule has 2 aromatic heterocycles. The molecule has 0 fully saturated rings. The molecule has 2 heterocycles. The number of aromatic nitrogens is 4. The van der Waals surface area contributed by atoms with E-state index in [0.717, 1.165) is 24.8 Å². The van der Waals surface area contributed by atoms with E-state index < -0.39 is 91.6 Å². The molecule has 0 aliphatic heterocycles. The lowest BCUT2D eigenvalue weighted by molar-refractivity contribution is 0.411. The molecule has 4 aromatic rings. The third kappa shape index (κ3) is 2.43. The second kappa shape index (κ2) is 6.77. The fourth-order valence-electron chi connectivity index (χ4n) is 3.56. The quantitative estimate of drug-likeness (QED) is 0.180. The highest BCUT2D eigenvalue weighted by molar-refractivity contribution is 5.99. The highest BCUT2D eigenvalue weighted by atomic mass is 19.2. The van der Waals surface area contributed by atoms with E-state index in [1.165, 1.54) is 0 Å². The second-order valence-corrected chi connectivity index (χ2v) is 6.52. The van der Waals surface area contributed by atoms with E-state index in [2.05, 4.69) is 19.9 Å². The third-order valence-electron chi connectivity index (χ3n) is 4.88. The molecule has 1 aliphatic carbocycles. The van der Waals surface area contributed by atoms with E-state index in [1.807, 2.05) is 0 Å². The molecule has 5 rings (SSSR count).